The lowest BCUT2D eigenvalue weighted by molar-refractivity contribution is 0.267. The second-order valence-electron chi connectivity index (χ2n) is 4.87. The molecule has 0 spiro atoms. The van der Waals surface area contributed by atoms with E-state index in [1.54, 1.807) is 6.92 Å². The maximum atomic E-state index is 14.0. The lowest BCUT2D eigenvalue weighted by atomic mass is 9.98. The monoisotopic (exact) mass is 307 g/mol. The van der Waals surface area contributed by atoms with Gasteiger partial charge >= 0.3 is 0 Å². The Labute approximate surface area is 117 Å². The molecule has 2 N–H and O–H groups in total. The first-order valence-electron chi connectivity index (χ1n) is 6.32. The first kappa shape index (κ1) is 17.0. The summed E-state index contributed by atoms with van der Waals surface area (Å²) in [5.74, 6) is -2.23. The van der Waals surface area contributed by atoms with Gasteiger partial charge in [0.15, 0.2) is 5.82 Å². The number of benzene rings is 1. The highest BCUT2D eigenvalue weighted by Crippen LogP contribution is 2.24. The molecule has 0 aliphatic heterocycles. The van der Waals surface area contributed by atoms with E-state index in [1.165, 1.54) is 0 Å². The van der Waals surface area contributed by atoms with Gasteiger partial charge in [0, 0.05) is 5.54 Å². The van der Waals surface area contributed by atoms with Crippen molar-refractivity contribution in [3.05, 3.63) is 29.3 Å². The predicted octanol–water partition coefficient (Wildman–Crippen LogP) is 2.31. The highest BCUT2D eigenvalue weighted by Gasteiger charge is 2.30. The van der Waals surface area contributed by atoms with Gasteiger partial charge in [0.1, 0.15) is 10.7 Å². The highest BCUT2D eigenvalue weighted by molar-refractivity contribution is 7.89. The molecule has 0 saturated carbocycles. The van der Waals surface area contributed by atoms with E-state index in [1.807, 2.05) is 13.8 Å². The van der Waals surface area contributed by atoms with Gasteiger partial charge in [0.25, 0.3) is 0 Å². The number of hydrogen-bond acceptors (Lipinski definition) is 3. The standard InChI is InChI=1S/C13H19F2NO3S/c1-4-13(3,5-2)16-20(18,19)11-7-6-10(14)9(8-17)12(11)15/h6-7,16-17H,4-5,8H2,1-3H3. The Morgan fingerprint density at radius 1 is 1.25 bits per heavy atom. The van der Waals surface area contributed by atoms with Gasteiger partial charge in [-0.05, 0) is 31.9 Å². The molecule has 20 heavy (non-hydrogen) atoms. The highest BCUT2D eigenvalue weighted by atomic mass is 32.2. The topological polar surface area (TPSA) is 66.4 Å². The van der Waals surface area contributed by atoms with Crippen molar-refractivity contribution in [1.29, 1.82) is 0 Å². The van der Waals surface area contributed by atoms with Gasteiger partial charge in [-0.1, -0.05) is 13.8 Å². The molecule has 0 heterocycles. The quantitative estimate of drug-likeness (QED) is 0.847. The molecule has 0 atom stereocenters. The fourth-order valence-electron chi connectivity index (χ4n) is 1.70. The smallest absolute Gasteiger partial charge is 0.243 e. The third-order valence-electron chi connectivity index (χ3n) is 3.54. The molecular formula is C13H19F2NO3S. The van der Waals surface area contributed by atoms with E-state index < -0.39 is 44.3 Å². The maximum Gasteiger partial charge on any atom is 0.243 e. The second kappa shape index (κ2) is 6.15. The number of sulfonamides is 1. The minimum Gasteiger partial charge on any atom is -0.391 e. The Hall–Kier alpha value is -1.05. The largest absolute Gasteiger partial charge is 0.391 e. The SMILES string of the molecule is CCC(C)(CC)NS(=O)(=O)c1ccc(F)c(CO)c1F. The minimum atomic E-state index is -4.12. The third kappa shape index (κ3) is 3.34. The summed E-state index contributed by atoms with van der Waals surface area (Å²) in [5.41, 5.74) is -1.36. The van der Waals surface area contributed by atoms with Crippen LogP contribution in [0.1, 0.15) is 39.2 Å². The summed E-state index contributed by atoms with van der Waals surface area (Å²) in [7, 11) is -4.12. The average molecular weight is 307 g/mol. The van der Waals surface area contributed by atoms with Crippen LogP contribution in [0.2, 0.25) is 0 Å². The van der Waals surface area contributed by atoms with Gasteiger partial charge in [-0.2, -0.15) is 0 Å². The molecule has 1 aromatic rings. The van der Waals surface area contributed by atoms with E-state index in [2.05, 4.69) is 4.72 Å². The summed E-state index contributed by atoms with van der Waals surface area (Å²) >= 11 is 0. The van der Waals surface area contributed by atoms with Gasteiger partial charge in [-0.3, -0.25) is 0 Å². The predicted molar refractivity (Wildman–Crippen MR) is 71.6 cm³/mol. The molecular weight excluding hydrogens is 288 g/mol. The molecule has 1 aromatic carbocycles. The number of hydrogen-bond donors (Lipinski definition) is 2. The van der Waals surface area contributed by atoms with Crippen molar-refractivity contribution < 1.29 is 22.3 Å². The third-order valence-corrected chi connectivity index (χ3v) is 5.20. The van der Waals surface area contributed by atoms with Gasteiger partial charge in [-0.15, -0.1) is 0 Å². The van der Waals surface area contributed by atoms with Crippen molar-refractivity contribution >= 4 is 10.0 Å². The van der Waals surface area contributed by atoms with Crippen LogP contribution in [0.5, 0.6) is 0 Å². The molecule has 4 nitrogen and oxygen atoms in total. The van der Waals surface area contributed by atoms with Crippen molar-refractivity contribution in [2.75, 3.05) is 0 Å². The van der Waals surface area contributed by atoms with Crippen molar-refractivity contribution in [2.45, 2.75) is 50.7 Å². The summed E-state index contributed by atoms with van der Waals surface area (Å²) in [6.45, 7) is 4.43. The molecule has 0 unspecified atom stereocenters. The van der Waals surface area contributed by atoms with E-state index in [9.17, 15) is 17.2 Å². The van der Waals surface area contributed by atoms with Crippen LogP contribution in [0.3, 0.4) is 0 Å². The summed E-state index contributed by atoms with van der Waals surface area (Å²) in [6, 6.07) is 1.69. The van der Waals surface area contributed by atoms with Crippen molar-refractivity contribution in [3.63, 3.8) is 0 Å². The van der Waals surface area contributed by atoms with Crippen molar-refractivity contribution in [3.8, 4) is 0 Å². The molecule has 0 aromatic heterocycles. The maximum absolute atomic E-state index is 14.0. The van der Waals surface area contributed by atoms with Crippen LogP contribution in [-0.2, 0) is 16.6 Å². The van der Waals surface area contributed by atoms with Gasteiger partial charge < -0.3 is 5.11 Å². The molecule has 0 saturated heterocycles. The molecule has 0 aliphatic rings. The van der Waals surface area contributed by atoms with Gasteiger partial charge in [-0.25, -0.2) is 21.9 Å². The zero-order valence-corrected chi connectivity index (χ0v) is 12.5. The van der Waals surface area contributed by atoms with Crippen LogP contribution in [-0.4, -0.2) is 19.1 Å². The van der Waals surface area contributed by atoms with E-state index in [0.29, 0.717) is 12.8 Å². The molecule has 1 rings (SSSR count). The number of aliphatic hydroxyl groups is 1. The lowest BCUT2D eigenvalue weighted by Gasteiger charge is -2.28. The van der Waals surface area contributed by atoms with E-state index >= 15 is 0 Å². The average Bonchev–Trinajstić information content (AvgIpc) is 2.38. The first-order valence-corrected chi connectivity index (χ1v) is 7.80. The Bertz CT molecular complexity index is 584. The lowest BCUT2D eigenvalue weighted by Crippen LogP contribution is -2.45. The fraction of sp³-hybridized carbons (Fsp3) is 0.538. The molecule has 7 heteroatoms. The number of aliphatic hydroxyl groups excluding tert-OH is 1. The van der Waals surface area contributed by atoms with E-state index in [0.717, 1.165) is 12.1 Å². The van der Waals surface area contributed by atoms with Crippen LogP contribution in [0.4, 0.5) is 8.78 Å². The molecule has 0 bridgehead atoms. The summed E-state index contributed by atoms with van der Waals surface area (Å²) in [6.07, 6.45) is 1.05. The van der Waals surface area contributed by atoms with Crippen molar-refractivity contribution in [1.82, 2.24) is 4.72 Å². The van der Waals surface area contributed by atoms with E-state index in [4.69, 9.17) is 5.11 Å². The minimum absolute atomic E-state index is 0.526. The molecule has 0 radical (unpaired) electrons. The Morgan fingerprint density at radius 3 is 2.25 bits per heavy atom. The zero-order chi connectivity index (χ0) is 15.6. The second-order valence-corrected chi connectivity index (χ2v) is 6.52. The van der Waals surface area contributed by atoms with Crippen LogP contribution in [0, 0.1) is 11.6 Å². The number of rotatable bonds is 6. The van der Waals surface area contributed by atoms with Crippen LogP contribution < -0.4 is 4.72 Å². The van der Waals surface area contributed by atoms with Crippen LogP contribution in [0.15, 0.2) is 17.0 Å². The summed E-state index contributed by atoms with van der Waals surface area (Å²) < 4.78 is 54.1. The molecule has 114 valence electrons. The van der Waals surface area contributed by atoms with Gasteiger partial charge in [0.05, 0.1) is 12.2 Å². The Morgan fingerprint density at radius 2 is 1.80 bits per heavy atom. The van der Waals surface area contributed by atoms with Crippen LogP contribution >= 0.6 is 0 Å². The number of nitrogens with one attached hydrogen (secondary N) is 1. The fourth-order valence-corrected chi connectivity index (χ4v) is 3.36. The first-order chi connectivity index (χ1) is 9.20. The molecule has 0 fully saturated rings. The Kier molecular flexibility index (Phi) is 5.23. The normalized spacial score (nSPS) is 12.7. The van der Waals surface area contributed by atoms with Crippen molar-refractivity contribution in [2.24, 2.45) is 0 Å². The molecule has 0 amide bonds. The summed E-state index contributed by atoms with van der Waals surface area (Å²) in [4.78, 5) is -0.656. The van der Waals surface area contributed by atoms with Gasteiger partial charge in [0.2, 0.25) is 10.0 Å². The zero-order valence-electron chi connectivity index (χ0n) is 11.7. The Balaban J connectivity index is 3.30. The number of halogens is 2. The summed E-state index contributed by atoms with van der Waals surface area (Å²) in [5, 5.41) is 8.92. The molecule has 0 aliphatic carbocycles. The van der Waals surface area contributed by atoms with E-state index in [-0.39, 0.29) is 0 Å². The van der Waals surface area contributed by atoms with Crippen LogP contribution in [0.25, 0.3) is 0 Å².